The monoisotopic (exact) mass is 561 g/mol. The molecule has 0 saturated heterocycles. The molecule has 1 rings (SSSR count). The normalized spacial score (nSPS) is 14.5. The number of nitrogens with one attached hydrogen (secondary N) is 2. The lowest BCUT2D eigenvalue weighted by molar-refractivity contribution is -0.143. The second-order valence-corrected chi connectivity index (χ2v) is 12.0. The zero-order chi connectivity index (χ0) is 30.3. The topological polar surface area (TPSA) is 108 Å². The van der Waals surface area contributed by atoms with E-state index < -0.39 is 23.8 Å². The molecule has 0 saturated carbocycles. The van der Waals surface area contributed by atoms with Crippen molar-refractivity contribution in [1.82, 2.24) is 15.5 Å². The number of aromatic hydroxyl groups is 1. The van der Waals surface area contributed by atoms with E-state index in [1.165, 1.54) is 6.07 Å². The summed E-state index contributed by atoms with van der Waals surface area (Å²) in [4.78, 5) is 42.5. The molecule has 0 radical (unpaired) electrons. The van der Waals surface area contributed by atoms with Gasteiger partial charge in [0.05, 0.1) is 0 Å². The van der Waals surface area contributed by atoms with Crippen LogP contribution in [0.5, 0.6) is 5.75 Å². The summed E-state index contributed by atoms with van der Waals surface area (Å²) in [6, 6.07) is 4.63. The molecule has 8 nitrogen and oxygen atoms in total. The maximum atomic E-state index is 14.3. The predicted octanol–water partition coefficient (Wildman–Crippen LogP) is 6.87. The summed E-state index contributed by atoms with van der Waals surface area (Å²) in [5.41, 5.74) is -0.359. The SMILES string of the molecule is CCCCCCCCN(C(=O)C(NC(=O)OC(C)(C)C)C(C)CC)C(C(=O)NC(C)CCC)c1ccccc1O. The Labute approximate surface area is 242 Å². The molecule has 0 aliphatic carbocycles. The van der Waals surface area contributed by atoms with Crippen LogP contribution < -0.4 is 10.6 Å². The average Bonchev–Trinajstić information content (AvgIpc) is 2.87. The molecular weight excluding hydrogens is 506 g/mol. The summed E-state index contributed by atoms with van der Waals surface area (Å²) >= 11 is 0. The molecule has 0 aromatic heterocycles. The minimum Gasteiger partial charge on any atom is -0.508 e. The second-order valence-electron chi connectivity index (χ2n) is 12.0. The predicted molar refractivity (Wildman–Crippen MR) is 161 cm³/mol. The quantitative estimate of drug-likeness (QED) is 0.180. The van der Waals surface area contributed by atoms with E-state index in [1.807, 2.05) is 20.8 Å². The number of phenols is 1. The fourth-order valence-electron chi connectivity index (χ4n) is 4.72. The number of nitrogens with zero attached hydrogens (tertiary/aromatic N) is 1. The van der Waals surface area contributed by atoms with Crippen LogP contribution in [0.15, 0.2) is 24.3 Å². The Morgan fingerprint density at radius 1 is 0.925 bits per heavy atom. The van der Waals surface area contributed by atoms with Crippen LogP contribution in [0.2, 0.25) is 0 Å². The van der Waals surface area contributed by atoms with Gasteiger partial charge < -0.3 is 25.4 Å². The smallest absolute Gasteiger partial charge is 0.408 e. The zero-order valence-electron chi connectivity index (χ0n) is 26.2. The molecule has 0 spiro atoms. The molecule has 0 bridgehead atoms. The van der Waals surface area contributed by atoms with Crippen molar-refractivity contribution in [2.45, 2.75) is 137 Å². The van der Waals surface area contributed by atoms with Crippen LogP contribution in [-0.2, 0) is 14.3 Å². The van der Waals surface area contributed by atoms with Gasteiger partial charge in [-0.2, -0.15) is 0 Å². The van der Waals surface area contributed by atoms with E-state index in [4.69, 9.17) is 4.74 Å². The lowest BCUT2D eigenvalue weighted by Crippen LogP contribution is -2.55. The highest BCUT2D eigenvalue weighted by atomic mass is 16.6. The summed E-state index contributed by atoms with van der Waals surface area (Å²) in [6.45, 7) is 15.7. The molecule has 4 unspecified atom stereocenters. The van der Waals surface area contributed by atoms with Gasteiger partial charge in [-0.15, -0.1) is 0 Å². The molecule has 228 valence electrons. The molecule has 0 fully saturated rings. The lowest BCUT2D eigenvalue weighted by atomic mass is 9.95. The number of alkyl carbamates (subject to hydrolysis) is 1. The number of unbranched alkanes of at least 4 members (excludes halogenated alkanes) is 5. The fourth-order valence-corrected chi connectivity index (χ4v) is 4.72. The van der Waals surface area contributed by atoms with Crippen molar-refractivity contribution in [3.8, 4) is 5.75 Å². The highest BCUT2D eigenvalue weighted by Crippen LogP contribution is 2.31. The minimum atomic E-state index is -1.05. The molecule has 40 heavy (non-hydrogen) atoms. The molecule has 3 N–H and O–H groups in total. The molecular formula is C32H55N3O5. The van der Waals surface area contributed by atoms with Crippen LogP contribution in [0.3, 0.4) is 0 Å². The van der Waals surface area contributed by atoms with Gasteiger partial charge in [-0.3, -0.25) is 9.59 Å². The number of para-hydroxylation sites is 1. The van der Waals surface area contributed by atoms with Crippen LogP contribution in [0.4, 0.5) is 4.79 Å². The maximum Gasteiger partial charge on any atom is 0.408 e. The van der Waals surface area contributed by atoms with Gasteiger partial charge in [0, 0.05) is 18.2 Å². The Morgan fingerprint density at radius 2 is 1.55 bits per heavy atom. The number of carbonyl (C=O) groups excluding carboxylic acids is 3. The minimum absolute atomic E-state index is 0.0493. The average molecular weight is 562 g/mol. The van der Waals surface area contributed by atoms with Crippen LogP contribution >= 0.6 is 0 Å². The number of ether oxygens (including phenoxy) is 1. The lowest BCUT2D eigenvalue weighted by Gasteiger charge is -2.36. The highest BCUT2D eigenvalue weighted by molar-refractivity contribution is 5.92. The molecule has 8 heteroatoms. The number of rotatable bonds is 17. The van der Waals surface area contributed by atoms with Gasteiger partial charge in [0.2, 0.25) is 11.8 Å². The summed E-state index contributed by atoms with van der Waals surface area (Å²) in [7, 11) is 0. The van der Waals surface area contributed by atoms with E-state index in [1.54, 1.807) is 43.9 Å². The van der Waals surface area contributed by atoms with E-state index in [-0.39, 0.29) is 29.5 Å². The number of hydrogen-bond acceptors (Lipinski definition) is 5. The van der Waals surface area contributed by atoms with Crippen molar-refractivity contribution in [3.63, 3.8) is 0 Å². The first-order valence-corrected chi connectivity index (χ1v) is 15.2. The van der Waals surface area contributed by atoms with Gasteiger partial charge >= 0.3 is 6.09 Å². The third-order valence-electron chi connectivity index (χ3n) is 7.09. The van der Waals surface area contributed by atoms with Crippen LogP contribution in [0, 0.1) is 5.92 Å². The van der Waals surface area contributed by atoms with E-state index >= 15 is 0 Å². The van der Waals surface area contributed by atoms with Crippen LogP contribution in [0.25, 0.3) is 0 Å². The third-order valence-corrected chi connectivity index (χ3v) is 7.09. The van der Waals surface area contributed by atoms with Gasteiger partial charge in [-0.25, -0.2) is 4.79 Å². The Kier molecular flexibility index (Phi) is 15.7. The van der Waals surface area contributed by atoms with Crippen molar-refractivity contribution < 1.29 is 24.2 Å². The number of phenolic OH excluding ortho intramolecular Hbond substituents is 1. The first-order chi connectivity index (χ1) is 18.9. The number of hydrogen-bond donors (Lipinski definition) is 3. The molecule has 3 amide bonds. The van der Waals surface area contributed by atoms with E-state index in [0.29, 0.717) is 24.9 Å². The number of amides is 3. The van der Waals surface area contributed by atoms with Crippen LogP contribution in [-0.4, -0.2) is 52.1 Å². The first-order valence-electron chi connectivity index (χ1n) is 15.2. The van der Waals surface area contributed by atoms with Gasteiger partial charge in [0.15, 0.2) is 0 Å². The van der Waals surface area contributed by atoms with Crippen molar-refractivity contribution in [3.05, 3.63) is 29.8 Å². The van der Waals surface area contributed by atoms with E-state index in [0.717, 1.165) is 44.9 Å². The summed E-state index contributed by atoms with van der Waals surface area (Å²) in [5.74, 6) is -0.965. The van der Waals surface area contributed by atoms with Crippen molar-refractivity contribution >= 4 is 17.9 Å². The molecule has 0 aliphatic heterocycles. The first kappa shape index (κ1) is 35.3. The Morgan fingerprint density at radius 3 is 2.12 bits per heavy atom. The molecule has 1 aromatic rings. The van der Waals surface area contributed by atoms with E-state index in [2.05, 4.69) is 24.5 Å². The van der Waals surface area contributed by atoms with Crippen molar-refractivity contribution in [2.24, 2.45) is 5.92 Å². The van der Waals surface area contributed by atoms with Crippen molar-refractivity contribution in [2.75, 3.05) is 6.54 Å². The molecule has 0 aliphatic rings. The fraction of sp³-hybridized carbons (Fsp3) is 0.719. The summed E-state index contributed by atoms with van der Waals surface area (Å²) < 4.78 is 5.48. The van der Waals surface area contributed by atoms with Gasteiger partial charge in [-0.05, 0) is 52.5 Å². The number of carbonyl (C=O) groups is 3. The van der Waals surface area contributed by atoms with Crippen LogP contribution in [0.1, 0.15) is 125 Å². The van der Waals surface area contributed by atoms with Gasteiger partial charge in [0.1, 0.15) is 23.4 Å². The van der Waals surface area contributed by atoms with Gasteiger partial charge in [0.25, 0.3) is 0 Å². The Bertz CT molecular complexity index is 914. The standard InChI is InChI=1S/C32H55N3O5/c1-9-12-13-14-15-18-22-35(30(38)27(23(4)11-3)34-31(39)40-32(6,7)8)28(25-20-16-17-21-26(25)36)29(37)33-24(5)19-10-2/h16-17,20-21,23-24,27-28,36H,9-15,18-19,22H2,1-8H3,(H,33,37)(H,34,39). The largest absolute Gasteiger partial charge is 0.508 e. The summed E-state index contributed by atoms with van der Waals surface area (Å²) in [6.07, 6.45) is 7.75. The van der Waals surface area contributed by atoms with Crippen molar-refractivity contribution in [1.29, 1.82) is 0 Å². The number of benzene rings is 1. The zero-order valence-corrected chi connectivity index (χ0v) is 26.2. The highest BCUT2D eigenvalue weighted by Gasteiger charge is 2.39. The molecule has 1 aromatic carbocycles. The van der Waals surface area contributed by atoms with Gasteiger partial charge in [-0.1, -0.05) is 90.8 Å². The third kappa shape index (κ3) is 12.2. The summed E-state index contributed by atoms with van der Waals surface area (Å²) in [5, 5.41) is 16.7. The Hall–Kier alpha value is -2.77. The second kappa shape index (κ2) is 17.8. The van der Waals surface area contributed by atoms with E-state index in [9.17, 15) is 19.5 Å². The molecule has 4 atom stereocenters. The maximum absolute atomic E-state index is 14.3. The Balaban J connectivity index is 3.50. The molecule has 0 heterocycles.